The molecule has 0 aliphatic carbocycles. The zero-order valence-electron chi connectivity index (χ0n) is 15.5. The molecule has 2 atom stereocenters. The van der Waals surface area contributed by atoms with Crippen molar-refractivity contribution in [3.05, 3.63) is 83.9 Å². The first-order valence-corrected chi connectivity index (χ1v) is 9.66. The Bertz CT molecular complexity index is 911. The number of nitrogens with one attached hydrogen (secondary N) is 1. The van der Waals surface area contributed by atoms with Crippen molar-refractivity contribution in [3.8, 4) is 11.1 Å². The molecule has 6 rings (SSSR count). The van der Waals surface area contributed by atoms with Gasteiger partial charge in [0.1, 0.15) is 6.33 Å². The lowest BCUT2D eigenvalue weighted by Crippen LogP contribution is -2.71. The van der Waals surface area contributed by atoms with Crippen LogP contribution in [0.15, 0.2) is 67.3 Å². The van der Waals surface area contributed by atoms with Crippen LogP contribution in [0, 0.1) is 6.92 Å². The third-order valence-corrected chi connectivity index (χ3v) is 5.98. The summed E-state index contributed by atoms with van der Waals surface area (Å²) in [4.78, 5) is 10.8. The number of piperidine rings is 1. The van der Waals surface area contributed by atoms with Crippen LogP contribution in [0.2, 0.25) is 0 Å². The van der Waals surface area contributed by atoms with Gasteiger partial charge in [-0.1, -0.05) is 48.5 Å². The fourth-order valence-corrected chi connectivity index (χ4v) is 4.65. The summed E-state index contributed by atoms with van der Waals surface area (Å²) in [6, 6.07) is 18.9. The highest BCUT2D eigenvalue weighted by atomic mass is 15.3. The fraction of sp³-hybridized carbons (Fsp3) is 0.304. The van der Waals surface area contributed by atoms with Crippen molar-refractivity contribution >= 4 is 0 Å². The molecule has 3 aliphatic heterocycles. The van der Waals surface area contributed by atoms with Crippen molar-refractivity contribution in [2.45, 2.75) is 31.5 Å². The van der Waals surface area contributed by atoms with Gasteiger partial charge >= 0.3 is 0 Å². The predicted molar refractivity (Wildman–Crippen MR) is 107 cm³/mol. The maximum Gasteiger partial charge on any atom is 0.115 e. The van der Waals surface area contributed by atoms with Crippen LogP contribution < -0.4 is 5.32 Å². The molecule has 4 heteroatoms. The van der Waals surface area contributed by atoms with Crippen molar-refractivity contribution in [3.63, 3.8) is 0 Å². The lowest BCUT2D eigenvalue weighted by molar-refractivity contribution is 0.0469. The van der Waals surface area contributed by atoms with Gasteiger partial charge in [-0.3, -0.25) is 4.90 Å². The van der Waals surface area contributed by atoms with E-state index in [9.17, 15) is 0 Å². The third kappa shape index (κ3) is 3.15. The third-order valence-electron chi connectivity index (χ3n) is 5.98. The molecule has 3 saturated heterocycles. The Morgan fingerprint density at radius 1 is 0.963 bits per heavy atom. The molecule has 3 fully saturated rings. The van der Waals surface area contributed by atoms with Gasteiger partial charge in [-0.15, -0.1) is 0 Å². The van der Waals surface area contributed by atoms with E-state index in [-0.39, 0.29) is 0 Å². The van der Waals surface area contributed by atoms with Crippen molar-refractivity contribution in [2.24, 2.45) is 0 Å². The summed E-state index contributed by atoms with van der Waals surface area (Å²) in [6.07, 6.45) is 5.43. The number of nitrogens with zero attached hydrogens (tertiary/aromatic N) is 3. The Morgan fingerprint density at radius 2 is 1.67 bits per heavy atom. The molecule has 4 nitrogen and oxygen atoms in total. The minimum Gasteiger partial charge on any atom is -0.307 e. The van der Waals surface area contributed by atoms with Crippen molar-refractivity contribution in [1.29, 1.82) is 0 Å². The van der Waals surface area contributed by atoms with Crippen molar-refractivity contribution in [2.75, 3.05) is 13.1 Å². The Labute approximate surface area is 160 Å². The summed E-state index contributed by atoms with van der Waals surface area (Å²) in [7, 11) is 0. The normalized spacial score (nSPS) is 24.4. The summed E-state index contributed by atoms with van der Waals surface area (Å²) in [5.41, 5.74) is 6.61. The molecule has 0 saturated carbocycles. The number of benzene rings is 2. The highest BCUT2D eigenvalue weighted by molar-refractivity contribution is 5.67. The fourth-order valence-electron chi connectivity index (χ4n) is 4.65. The van der Waals surface area contributed by atoms with Gasteiger partial charge in [-0.25, -0.2) is 9.97 Å². The van der Waals surface area contributed by atoms with Gasteiger partial charge in [0.05, 0.1) is 0 Å². The molecule has 4 heterocycles. The van der Waals surface area contributed by atoms with Gasteiger partial charge in [0.15, 0.2) is 0 Å². The molecule has 1 N–H and O–H groups in total. The van der Waals surface area contributed by atoms with Crippen LogP contribution in [0.25, 0.3) is 11.1 Å². The Hall–Kier alpha value is -2.56. The first kappa shape index (κ1) is 16.6. The number of hydrogen-bond acceptors (Lipinski definition) is 4. The minimum atomic E-state index is 0.540. The standard InChI is InChI=1S/C23H24N4/c1-16-4-2-3-5-20(16)18-6-8-19(9-7-18)23-21-13-27(14-22(23)26-21)12-17-10-24-15-25-11-17/h2-11,15,21-23,26H,12-14H2,1H3. The summed E-state index contributed by atoms with van der Waals surface area (Å²) < 4.78 is 0. The highest BCUT2D eigenvalue weighted by Crippen LogP contribution is 2.38. The van der Waals surface area contributed by atoms with Gasteiger partial charge in [0.2, 0.25) is 0 Å². The van der Waals surface area contributed by atoms with Gasteiger partial charge in [-0.05, 0) is 29.2 Å². The molecule has 27 heavy (non-hydrogen) atoms. The van der Waals surface area contributed by atoms with E-state index in [1.54, 1.807) is 6.33 Å². The van der Waals surface area contributed by atoms with Crippen LogP contribution in [0.3, 0.4) is 0 Å². The first-order valence-electron chi connectivity index (χ1n) is 9.66. The van der Waals surface area contributed by atoms with Crippen LogP contribution >= 0.6 is 0 Å². The monoisotopic (exact) mass is 356 g/mol. The van der Waals surface area contributed by atoms with Crippen molar-refractivity contribution in [1.82, 2.24) is 20.2 Å². The molecule has 1 aromatic heterocycles. The molecular formula is C23H24N4. The molecule has 2 aromatic carbocycles. The Kier molecular flexibility index (Phi) is 4.23. The lowest BCUT2D eigenvalue weighted by atomic mass is 9.74. The van der Waals surface area contributed by atoms with E-state index in [1.807, 2.05) is 12.4 Å². The number of aromatic nitrogens is 2. The second-order valence-corrected chi connectivity index (χ2v) is 7.78. The maximum atomic E-state index is 4.13. The van der Waals surface area contributed by atoms with E-state index < -0.39 is 0 Å². The minimum absolute atomic E-state index is 0.540. The highest BCUT2D eigenvalue weighted by Gasteiger charge is 2.46. The van der Waals surface area contributed by atoms with Crippen LogP contribution in [0.1, 0.15) is 22.6 Å². The summed E-state index contributed by atoms with van der Waals surface area (Å²) in [5.74, 6) is 0.624. The first-order chi connectivity index (χ1) is 13.3. The number of hydrogen-bond donors (Lipinski definition) is 1. The summed E-state index contributed by atoms with van der Waals surface area (Å²) in [6.45, 7) is 5.27. The maximum absolute atomic E-state index is 4.13. The van der Waals surface area contributed by atoms with E-state index in [4.69, 9.17) is 0 Å². The molecule has 3 aliphatic rings. The van der Waals surface area contributed by atoms with Gasteiger partial charge in [0.25, 0.3) is 0 Å². The SMILES string of the molecule is Cc1ccccc1-c1ccc(C2C3CN(Cc4cncnc4)CC2N3)cc1. The van der Waals surface area contributed by atoms with E-state index in [1.165, 1.54) is 27.8 Å². The molecule has 3 aromatic rings. The molecule has 2 unspecified atom stereocenters. The topological polar surface area (TPSA) is 41.1 Å². The zero-order chi connectivity index (χ0) is 18.2. The molecular weight excluding hydrogens is 332 g/mol. The largest absolute Gasteiger partial charge is 0.307 e. The van der Waals surface area contributed by atoms with E-state index in [0.717, 1.165) is 19.6 Å². The van der Waals surface area contributed by atoms with E-state index in [2.05, 4.69) is 75.6 Å². The molecule has 0 spiro atoms. The number of fused-ring (bicyclic) bond motifs is 2. The number of aryl methyl sites for hydroxylation is 1. The van der Waals surface area contributed by atoms with Crippen LogP contribution in [0.5, 0.6) is 0 Å². The van der Waals surface area contributed by atoms with Gasteiger partial charge in [-0.2, -0.15) is 0 Å². The zero-order valence-corrected chi connectivity index (χ0v) is 15.5. The van der Waals surface area contributed by atoms with Crippen molar-refractivity contribution < 1.29 is 0 Å². The molecule has 2 bridgehead atoms. The quantitative estimate of drug-likeness (QED) is 0.778. The summed E-state index contributed by atoms with van der Waals surface area (Å²) >= 11 is 0. The van der Waals surface area contributed by atoms with Gasteiger partial charge < -0.3 is 5.32 Å². The van der Waals surface area contributed by atoms with Gasteiger partial charge in [0, 0.05) is 55.6 Å². The number of rotatable bonds is 4. The average molecular weight is 356 g/mol. The lowest BCUT2D eigenvalue weighted by Gasteiger charge is -2.55. The summed E-state index contributed by atoms with van der Waals surface area (Å²) in [5, 5.41) is 3.73. The van der Waals surface area contributed by atoms with E-state index in [0.29, 0.717) is 18.0 Å². The number of piperazine rings is 1. The molecule has 0 amide bonds. The molecule has 136 valence electrons. The Balaban J connectivity index is 1.28. The van der Waals surface area contributed by atoms with Crippen LogP contribution in [-0.2, 0) is 6.54 Å². The predicted octanol–water partition coefficient (Wildman–Crippen LogP) is 3.39. The average Bonchev–Trinajstić information content (AvgIpc) is 2.70. The van der Waals surface area contributed by atoms with Crippen LogP contribution in [0.4, 0.5) is 0 Å². The second-order valence-electron chi connectivity index (χ2n) is 7.78. The Morgan fingerprint density at radius 3 is 2.37 bits per heavy atom. The molecule has 0 radical (unpaired) electrons. The van der Waals surface area contributed by atoms with Crippen LogP contribution in [-0.4, -0.2) is 40.0 Å². The second kappa shape index (κ2) is 6.87. The smallest absolute Gasteiger partial charge is 0.115 e. The van der Waals surface area contributed by atoms with E-state index >= 15 is 0 Å².